The van der Waals surface area contributed by atoms with Crippen LogP contribution in [0.2, 0.25) is 0 Å². The molecule has 1 saturated heterocycles. The van der Waals surface area contributed by atoms with Crippen LogP contribution >= 0.6 is 0 Å². The molecule has 0 radical (unpaired) electrons. The minimum Gasteiger partial charge on any atom is -0.383 e. The molecule has 0 atom stereocenters. The Morgan fingerprint density at radius 3 is 2.48 bits per heavy atom. The fraction of sp³-hybridized carbons (Fsp3) is 0.588. The molecule has 2 rings (SSSR count). The Morgan fingerprint density at radius 2 is 1.88 bits per heavy atom. The van der Waals surface area contributed by atoms with Crippen LogP contribution in [0.5, 0.6) is 0 Å². The maximum absolute atomic E-state index is 12.6. The van der Waals surface area contributed by atoms with Crippen molar-refractivity contribution >= 4 is 15.9 Å². The first-order chi connectivity index (χ1) is 11.9. The number of benzene rings is 1. The molecule has 8 heteroatoms. The number of carbonyl (C=O) groups is 1. The van der Waals surface area contributed by atoms with Gasteiger partial charge in [0.15, 0.2) is 0 Å². The second-order valence-electron chi connectivity index (χ2n) is 6.23. The molecule has 7 nitrogen and oxygen atoms in total. The van der Waals surface area contributed by atoms with Crippen LogP contribution in [0.15, 0.2) is 29.2 Å². The first-order valence-electron chi connectivity index (χ1n) is 8.49. The van der Waals surface area contributed by atoms with Crippen LogP contribution in [0.3, 0.4) is 0 Å². The number of nitrogens with one attached hydrogen (secondary N) is 2. The monoisotopic (exact) mass is 369 g/mol. The Hall–Kier alpha value is -1.48. The molecule has 1 aliphatic rings. The third-order valence-corrected chi connectivity index (χ3v) is 6.16. The quantitative estimate of drug-likeness (QED) is 0.652. The van der Waals surface area contributed by atoms with E-state index in [-0.39, 0.29) is 18.5 Å². The van der Waals surface area contributed by atoms with Gasteiger partial charge in [0.05, 0.1) is 18.0 Å². The lowest BCUT2D eigenvalue weighted by Gasteiger charge is -2.31. The lowest BCUT2D eigenvalue weighted by Crippen LogP contribution is -2.48. The summed E-state index contributed by atoms with van der Waals surface area (Å²) >= 11 is 0. The zero-order valence-electron chi connectivity index (χ0n) is 14.8. The van der Waals surface area contributed by atoms with Crippen molar-refractivity contribution in [2.45, 2.75) is 30.7 Å². The van der Waals surface area contributed by atoms with E-state index in [0.717, 1.165) is 5.56 Å². The standard InChI is InChI=1S/C17H27N3O4S/c1-14-3-5-16(6-4-14)25(22,23)20-10-7-15(8-11-20)19-17(21)13-18-9-12-24-2/h3-6,15,18H,7-13H2,1-2H3,(H,19,21). The van der Waals surface area contributed by atoms with Crippen LogP contribution in [-0.4, -0.2) is 64.6 Å². The van der Waals surface area contributed by atoms with Gasteiger partial charge in [-0.05, 0) is 31.9 Å². The SMILES string of the molecule is COCCNCC(=O)NC1CCN(S(=O)(=O)c2ccc(C)cc2)CC1. The van der Waals surface area contributed by atoms with Gasteiger partial charge in [-0.15, -0.1) is 0 Å². The molecule has 1 aliphatic heterocycles. The Morgan fingerprint density at radius 1 is 1.24 bits per heavy atom. The van der Waals surface area contributed by atoms with Crippen molar-refractivity contribution in [3.05, 3.63) is 29.8 Å². The number of piperidine rings is 1. The van der Waals surface area contributed by atoms with Crippen molar-refractivity contribution in [2.24, 2.45) is 0 Å². The van der Waals surface area contributed by atoms with Gasteiger partial charge in [-0.1, -0.05) is 17.7 Å². The van der Waals surface area contributed by atoms with Gasteiger partial charge in [0.25, 0.3) is 0 Å². The van der Waals surface area contributed by atoms with E-state index in [2.05, 4.69) is 10.6 Å². The number of rotatable bonds is 8. The molecule has 25 heavy (non-hydrogen) atoms. The third-order valence-electron chi connectivity index (χ3n) is 4.25. The first-order valence-corrected chi connectivity index (χ1v) is 9.93. The number of hydrogen-bond acceptors (Lipinski definition) is 5. The summed E-state index contributed by atoms with van der Waals surface area (Å²) in [5.74, 6) is -0.0732. The van der Waals surface area contributed by atoms with Gasteiger partial charge >= 0.3 is 0 Å². The highest BCUT2D eigenvalue weighted by atomic mass is 32.2. The van der Waals surface area contributed by atoms with Crippen molar-refractivity contribution in [3.63, 3.8) is 0 Å². The van der Waals surface area contributed by atoms with Gasteiger partial charge in [0.2, 0.25) is 15.9 Å². The Kier molecular flexibility index (Phi) is 7.37. The van der Waals surface area contributed by atoms with E-state index in [9.17, 15) is 13.2 Å². The van der Waals surface area contributed by atoms with Gasteiger partial charge in [-0.2, -0.15) is 4.31 Å². The van der Waals surface area contributed by atoms with Crippen molar-refractivity contribution < 1.29 is 17.9 Å². The van der Waals surface area contributed by atoms with Crippen LogP contribution < -0.4 is 10.6 Å². The number of methoxy groups -OCH3 is 1. The van der Waals surface area contributed by atoms with Crippen molar-refractivity contribution in [3.8, 4) is 0 Å². The summed E-state index contributed by atoms with van der Waals surface area (Å²) < 4.78 is 31.7. The molecule has 2 N–H and O–H groups in total. The topological polar surface area (TPSA) is 87.7 Å². The van der Waals surface area contributed by atoms with Crippen LogP contribution in [0.1, 0.15) is 18.4 Å². The zero-order valence-corrected chi connectivity index (χ0v) is 15.6. The molecular formula is C17H27N3O4S. The predicted octanol–water partition coefficient (Wildman–Crippen LogP) is 0.500. The van der Waals surface area contributed by atoms with Crippen molar-refractivity contribution in [2.75, 3.05) is 39.9 Å². The average Bonchev–Trinajstić information content (AvgIpc) is 2.60. The highest BCUT2D eigenvalue weighted by Gasteiger charge is 2.29. The van der Waals surface area contributed by atoms with Crippen molar-refractivity contribution in [1.29, 1.82) is 0 Å². The first kappa shape index (κ1) is 19.8. The summed E-state index contributed by atoms with van der Waals surface area (Å²) in [7, 11) is -1.85. The fourth-order valence-electron chi connectivity index (χ4n) is 2.75. The van der Waals surface area contributed by atoms with E-state index >= 15 is 0 Å². The molecule has 0 spiro atoms. The second-order valence-corrected chi connectivity index (χ2v) is 8.17. The minimum atomic E-state index is -3.46. The lowest BCUT2D eigenvalue weighted by molar-refractivity contribution is -0.121. The normalized spacial score (nSPS) is 16.7. The van der Waals surface area contributed by atoms with Crippen molar-refractivity contribution in [1.82, 2.24) is 14.9 Å². The second kappa shape index (κ2) is 9.28. The highest BCUT2D eigenvalue weighted by molar-refractivity contribution is 7.89. The van der Waals surface area contributed by atoms with Crippen LogP contribution in [0.25, 0.3) is 0 Å². The maximum Gasteiger partial charge on any atom is 0.243 e. The molecule has 1 fully saturated rings. The van der Waals surface area contributed by atoms with Gasteiger partial charge < -0.3 is 15.4 Å². The maximum atomic E-state index is 12.6. The Labute approximate surface area is 149 Å². The Bertz CT molecular complexity index is 653. The third kappa shape index (κ3) is 5.78. The number of hydrogen-bond donors (Lipinski definition) is 2. The molecule has 1 aromatic rings. The number of nitrogens with zero attached hydrogens (tertiary/aromatic N) is 1. The van der Waals surface area contributed by atoms with Gasteiger partial charge in [0, 0.05) is 32.8 Å². The van der Waals surface area contributed by atoms with E-state index in [1.165, 1.54) is 4.31 Å². The zero-order chi connectivity index (χ0) is 18.3. The summed E-state index contributed by atoms with van der Waals surface area (Å²) in [6.45, 7) is 4.18. The largest absolute Gasteiger partial charge is 0.383 e. The summed E-state index contributed by atoms with van der Waals surface area (Å²) in [5, 5.41) is 5.94. The number of aryl methyl sites for hydroxylation is 1. The molecule has 1 aromatic carbocycles. The molecular weight excluding hydrogens is 342 g/mol. The van der Waals surface area contributed by atoms with E-state index < -0.39 is 10.0 Å². The van der Waals surface area contributed by atoms with E-state index in [0.29, 0.717) is 44.0 Å². The van der Waals surface area contributed by atoms with Gasteiger partial charge in [-0.3, -0.25) is 4.79 Å². The molecule has 0 unspecified atom stereocenters. The Balaban J connectivity index is 1.81. The smallest absolute Gasteiger partial charge is 0.243 e. The number of carbonyl (C=O) groups excluding carboxylic acids is 1. The van der Waals surface area contributed by atoms with Gasteiger partial charge in [0.1, 0.15) is 0 Å². The van der Waals surface area contributed by atoms with E-state index in [1.807, 2.05) is 6.92 Å². The number of ether oxygens (including phenoxy) is 1. The van der Waals surface area contributed by atoms with E-state index in [4.69, 9.17) is 4.74 Å². The molecule has 0 aliphatic carbocycles. The predicted molar refractivity (Wildman–Crippen MR) is 95.8 cm³/mol. The molecule has 140 valence electrons. The number of amides is 1. The number of sulfonamides is 1. The summed E-state index contributed by atoms with van der Waals surface area (Å²) in [5.41, 5.74) is 1.03. The van der Waals surface area contributed by atoms with E-state index in [1.54, 1.807) is 31.4 Å². The minimum absolute atomic E-state index is 0.0150. The van der Waals surface area contributed by atoms with Crippen LogP contribution in [-0.2, 0) is 19.6 Å². The molecule has 0 saturated carbocycles. The molecule has 0 aromatic heterocycles. The lowest BCUT2D eigenvalue weighted by atomic mass is 10.1. The summed E-state index contributed by atoms with van der Waals surface area (Å²) in [6.07, 6.45) is 1.24. The molecule has 1 amide bonds. The van der Waals surface area contributed by atoms with Crippen LogP contribution in [0.4, 0.5) is 0 Å². The summed E-state index contributed by atoms with van der Waals surface area (Å²) in [6, 6.07) is 6.91. The molecule has 1 heterocycles. The highest BCUT2D eigenvalue weighted by Crippen LogP contribution is 2.21. The average molecular weight is 369 g/mol. The van der Waals surface area contributed by atoms with Gasteiger partial charge in [-0.25, -0.2) is 8.42 Å². The fourth-order valence-corrected chi connectivity index (χ4v) is 4.22. The van der Waals surface area contributed by atoms with Crippen LogP contribution in [0, 0.1) is 6.92 Å². The summed E-state index contributed by atoms with van der Waals surface area (Å²) in [4.78, 5) is 12.2. The molecule has 0 bridgehead atoms.